The van der Waals surface area contributed by atoms with Crippen LogP contribution in [0.4, 0.5) is 0 Å². The molecule has 3 heteroatoms. The zero-order valence-corrected chi connectivity index (χ0v) is 7.40. The summed E-state index contributed by atoms with van der Waals surface area (Å²) in [5, 5.41) is 11.5. The summed E-state index contributed by atoms with van der Waals surface area (Å²) in [5.41, 5.74) is 6.36. The Balaban J connectivity index is 2.67. The van der Waals surface area contributed by atoms with E-state index in [1.165, 1.54) is 4.88 Å². The van der Waals surface area contributed by atoms with Crippen molar-refractivity contribution in [3.63, 3.8) is 0 Å². The summed E-state index contributed by atoms with van der Waals surface area (Å²) in [6.07, 6.45) is 0.281. The Kier molecular flexibility index (Phi) is 3.05. The van der Waals surface area contributed by atoms with E-state index in [0.29, 0.717) is 13.0 Å². The molecule has 0 aromatic carbocycles. The maximum Gasteiger partial charge on any atom is 0.0812 e. The lowest BCUT2D eigenvalue weighted by atomic mass is 10.1. The molecule has 0 aliphatic heterocycles. The molecular weight excluding hydrogens is 158 g/mol. The Labute approximate surface area is 70.7 Å². The highest BCUT2D eigenvalue weighted by atomic mass is 32.1. The molecule has 1 atom stereocenters. The largest absolute Gasteiger partial charge is 0.388 e. The van der Waals surface area contributed by atoms with Gasteiger partial charge >= 0.3 is 0 Å². The number of aryl methyl sites for hydroxylation is 1. The quantitative estimate of drug-likeness (QED) is 0.723. The predicted molar refractivity (Wildman–Crippen MR) is 47.7 cm³/mol. The van der Waals surface area contributed by atoms with E-state index in [1.807, 2.05) is 18.4 Å². The number of rotatable bonds is 3. The van der Waals surface area contributed by atoms with Crippen molar-refractivity contribution in [2.75, 3.05) is 6.54 Å². The van der Waals surface area contributed by atoms with Gasteiger partial charge in [0, 0.05) is 4.88 Å². The van der Waals surface area contributed by atoms with Crippen LogP contribution in [0.3, 0.4) is 0 Å². The molecule has 0 spiro atoms. The summed E-state index contributed by atoms with van der Waals surface area (Å²) in [6, 6.07) is 1.96. The third kappa shape index (κ3) is 2.02. The monoisotopic (exact) mass is 171 g/mol. The summed E-state index contributed by atoms with van der Waals surface area (Å²) in [7, 11) is 0. The first kappa shape index (κ1) is 8.71. The normalized spacial score (nSPS) is 13.4. The maximum atomic E-state index is 9.52. The number of hydrogen-bond acceptors (Lipinski definition) is 3. The standard InChI is InChI=1S/C8H13NOS/c1-6-7(3-5-11-6)8(10)2-4-9/h3,5,8,10H,2,4,9H2,1H3. The van der Waals surface area contributed by atoms with Crippen molar-refractivity contribution in [3.05, 3.63) is 21.9 Å². The molecule has 11 heavy (non-hydrogen) atoms. The average Bonchev–Trinajstić information content (AvgIpc) is 2.36. The third-order valence-electron chi connectivity index (χ3n) is 1.70. The highest BCUT2D eigenvalue weighted by Gasteiger charge is 2.09. The lowest BCUT2D eigenvalue weighted by Gasteiger charge is -2.07. The minimum atomic E-state index is -0.369. The number of aliphatic hydroxyl groups is 1. The topological polar surface area (TPSA) is 46.2 Å². The van der Waals surface area contributed by atoms with Crippen molar-refractivity contribution in [1.29, 1.82) is 0 Å². The van der Waals surface area contributed by atoms with E-state index in [4.69, 9.17) is 5.73 Å². The second-order valence-electron chi connectivity index (χ2n) is 2.53. The van der Waals surface area contributed by atoms with E-state index in [2.05, 4.69) is 0 Å². The zero-order chi connectivity index (χ0) is 8.27. The summed E-state index contributed by atoms with van der Waals surface area (Å²) in [5.74, 6) is 0. The van der Waals surface area contributed by atoms with Gasteiger partial charge in [-0.2, -0.15) is 0 Å². The first-order valence-electron chi connectivity index (χ1n) is 3.68. The van der Waals surface area contributed by atoms with Crippen LogP contribution in [-0.2, 0) is 0 Å². The molecule has 1 rings (SSSR count). The highest BCUT2D eigenvalue weighted by molar-refractivity contribution is 7.10. The highest BCUT2D eigenvalue weighted by Crippen LogP contribution is 2.23. The molecule has 0 aliphatic rings. The van der Waals surface area contributed by atoms with Crippen LogP contribution in [0.5, 0.6) is 0 Å². The van der Waals surface area contributed by atoms with Gasteiger partial charge < -0.3 is 10.8 Å². The first-order chi connectivity index (χ1) is 5.25. The molecule has 0 radical (unpaired) electrons. The molecule has 0 aliphatic carbocycles. The molecule has 2 nitrogen and oxygen atoms in total. The SMILES string of the molecule is Cc1sccc1C(O)CCN. The summed E-state index contributed by atoms with van der Waals surface area (Å²) in [4.78, 5) is 1.19. The van der Waals surface area contributed by atoms with E-state index in [1.54, 1.807) is 11.3 Å². The average molecular weight is 171 g/mol. The van der Waals surface area contributed by atoms with E-state index < -0.39 is 0 Å². The van der Waals surface area contributed by atoms with Crippen molar-refractivity contribution in [2.24, 2.45) is 5.73 Å². The van der Waals surface area contributed by atoms with Gasteiger partial charge in [0.05, 0.1) is 6.10 Å². The van der Waals surface area contributed by atoms with Crippen LogP contribution in [0.1, 0.15) is 23.0 Å². The molecule has 62 valence electrons. The van der Waals surface area contributed by atoms with E-state index >= 15 is 0 Å². The Morgan fingerprint density at radius 3 is 2.91 bits per heavy atom. The van der Waals surface area contributed by atoms with Gasteiger partial charge in [-0.25, -0.2) is 0 Å². The van der Waals surface area contributed by atoms with Crippen LogP contribution in [0.25, 0.3) is 0 Å². The van der Waals surface area contributed by atoms with Crippen molar-refractivity contribution in [2.45, 2.75) is 19.4 Å². The summed E-state index contributed by atoms with van der Waals surface area (Å²) < 4.78 is 0. The molecule has 0 saturated carbocycles. The fraction of sp³-hybridized carbons (Fsp3) is 0.500. The molecule has 0 fully saturated rings. The molecule has 1 heterocycles. The third-order valence-corrected chi connectivity index (χ3v) is 2.56. The van der Waals surface area contributed by atoms with Gasteiger partial charge in [-0.3, -0.25) is 0 Å². The molecule has 3 N–H and O–H groups in total. The van der Waals surface area contributed by atoms with Gasteiger partial charge in [0.25, 0.3) is 0 Å². The Morgan fingerprint density at radius 2 is 2.45 bits per heavy atom. The van der Waals surface area contributed by atoms with Crippen molar-refractivity contribution < 1.29 is 5.11 Å². The lowest BCUT2D eigenvalue weighted by Crippen LogP contribution is -2.06. The van der Waals surface area contributed by atoms with E-state index in [-0.39, 0.29) is 6.10 Å². The molecule has 0 bridgehead atoms. The Hall–Kier alpha value is -0.380. The minimum absolute atomic E-state index is 0.369. The van der Waals surface area contributed by atoms with Crippen molar-refractivity contribution in [1.82, 2.24) is 0 Å². The van der Waals surface area contributed by atoms with Gasteiger partial charge in [-0.05, 0) is 36.9 Å². The number of thiophene rings is 1. The summed E-state index contributed by atoms with van der Waals surface area (Å²) in [6.45, 7) is 2.55. The Morgan fingerprint density at radius 1 is 1.73 bits per heavy atom. The van der Waals surface area contributed by atoms with Crippen LogP contribution in [0, 0.1) is 6.92 Å². The number of nitrogens with two attached hydrogens (primary N) is 1. The molecule has 0 saturated heterocycles. The molecule has 1 unspecified atom stereocenters. The van der Waals surface area contributed by atoms with Gasteiger partial charge in [-0.1, -0.05) is 0 Å². The van der Waals surface area contributed by atoms with Crippen LogP contribution >= 0.6 is 11.3 Å². The van der Waals surface area contributed by atoms with Gasteiger partial charge in [0.1, 0.15) is 0 Å². The van der Waals surface area contributed by atoms with E-state index in [9.17, 15) is 5.11 Å². The maximum absolute atomic E-state index is 9.52. The number of hydrogen-bond donors (Lipinski definition) is 2. The molecular formula is C8H13NOS. The number of aliphatic hydroxyl groups excluding tert-OH is 1. The summed E-state index contributed by atoms with van der Waals surface area (Å²) >= 11 is 1.66. The van der Waals surface area contributed by atoms with Gasteiger partial charge in [-0.15, -0.1) is 11.3 Å². The van der Waals surface area contributed by atoms with Gasteiger partial charge in [0.15, 0.2) is 0 Å². The molecule has 1 aromatic heterocycles. The molecule has 0 amide bonds. The van der Waals surface area contributed by atoms with Crippen LogP contribution in [0.2, 0.25) is 0 Å². The van der Waals surface area contributed by atoms with Crippen LogP contribution in [0.15, 0.2) is 11.4 Å². The van der Waals surface area contributed by atoms with Crippen molar-refractivity contribution >= 4 is 11.3 Å². The zero-order valence-electron chi connectivity index (χ0n) is 6.58. The van der Waals surface area contributed by atoms with Crippen molar-refractivity contribution in [3.8, 4) is 0 Å². The second kappa shape index (κ2) is 3.85. The smallest absolute Gasteiger partial charge is 0.0812 e. The van der Waals surface area contributed by atoms with E-state index in [0.717, 1.165) is 5.56 Å². The van der Waals surface area contributed by atoms with Gasteiger partial charge in [0.2, 0.25) is 0 Å². The Bertz CT molecular complexity index is 222. The predicted octanol–water partition coefficient (Wildman–Crippen LogP) is 1.44. The van der Waals surface area contributed by atoms with Crippen LogP contribution < -0.4 is 5.73 Å². The lowest BCUT2D eigenvalue weighted by molar-refractivity contribution is 0.170. The fourth-order valence-corrected chi connectivity index (χ4v) is 1.81. The molecule has 1 aromatic rings. The minimum Gasteiger partial charge on any atom is -0.388 e. The second-order valence-corrected chi connectivity index (χ2v) is 3.65. The first-order valence-corrected chi connectivity index (χ1v) is 4.55. The fourth-order valence-electron chi connectivity index (χ4n) is 1.05. The van der Waals surface area contributed by atoms with Crippen LogP contribution in [-0.4, -0.2) is 11.7 Å².